The van der Waals surface area contributed by atoms with Gasteiger partial charge in [0.2, 0.25) is 0 Å². The number of aromatic nitrogens is 4. The molecule has 6 heteroatoms. The van der Waals surface area contributed by atoms with Gasteiger partial charge in [-0.1, -0.05) is 6.58 Å². The minimum Gasteiger partial charge on any atom is -0.507 e. The molecule has 2 aromatic heterocycles. The number of rotatable bonds is 4. The second-order valence-corrected chi connectivity index (χ2v) is 9.35. The number of phenols is 1. The predicted molar refractivity (Wildman–Crippen MR) is 117 cm³/mol. The Hall–Kier alpha value is -2.99. The van der Waals surface area contributed by atoms with Crippen LogP contribution in [0.25, 0.3) is 22.5 Å². The maximum absolute atomic E-state index is 10.5. The lowest BCUT2D eigenvalue weighted by atomic mass is 9.76. The van der Waals surface area contributed by atoms with E-state index in [4.69, 9.17) is 0 Å². The van der Waals surface area contributed by atoms with Crippen molar-refractivity contribution in [1.82, 2.24) is 25.1 Å². The highest BCUT2D eigenvalue weighted by molar-refractivity contribution is 5.70. The zero-order chi connectivity index (χ0) is 20.9. The Morgan fingerprint density at radius 3 is 2.50 bits per heavy atom. The second-order valence-electron chi connectivity index (χ2n) is 9.35. The molecule has 2 fully saturated rings. The number of imidazole rings is 1. The Labute approximate surface area is 176 Å². The van der Waals surface area contributed by atoms with E-state index in [0.29, 0.717) is 17.2 Å². The van der Waals surface area contributed by atoms with Gasteiger partial charge in [0.15, 0.2) is 0 Å². The summed E-state index contributed by atoms with van der Waals surface area (Å²) in [5.74, 6) is 0.574. The molecule has 0 spiro atoms. The Balaban J connectivity index is 1.36. The van der Waals surface area contributed by atoms with E-state index in [-0.39, 0.29) is 16.8 Å². The van der Waals surface area contributed by atoms with Crippen molar-refractivity contribution in [1.29, 1.82) is 0 Å². The van der Waals surface area contributed by atoms with Gasteiger partial charge in [-0.05, 0) is 75.3 Å². The first-order valence-electron chi connectivity index (χ1n) is 10.5. The van der Waals surface area contributed by atoms with E-state index in [1.165, 1.54) is 12.8 Å². The Bertz CT molecular complexity index is 1070. The third-order valence-corrected chi connectivity index (χ3v) is 6.77. The van der Waals surface area contributed by atoms with Crippen molar-refractivity contribution in [3.05, 3.63) is 61.3 Å². The quantitative estimate of drug-likeness (QED) is 0.679. The topological polar surface area (TPSA) is 75.9 Å². The summed E-state index contributed by atoms with van der Waals surface area (Å²) in [6.45, 7) is 9.02. The number of nitrogens with zero attached hydrogens (tertiary/aromatic N) is 4. The Morgan fingerprint density at radius 1 is 1.13 bits per heavy atom. The molecule has 3 aromatic rings. The molecule has 154 valence electrons. The molecule has 3 atom stereocenters. The van der Waals surface area contributed by atoms with Crippen LogP contribution in [0.2, 0.25) is 0 Å². The number of phenolic OH excluding ortho intramolecular Hbond substituents is 1. The molecule has 4 heterocycles. The number of benzene rings is 1. The molecule has 2 aliphatic rings. The minimum absolute atomic E-state index is 0.165. The summed E-state index contributed by atoms with van der Waals surface area (Å²) in [6, 6.07) is 9.38. The lowest BCUT2D eigenvalue weighted by Crippen LogP contribution is -2.53. The van der Waals surface area contributed by atoms with E-state index in [1.807, 2.05) is 35.0 Å². The van der Waals surface area contributed by atoms with Crippen molar-refractivity contribution in [3.63, 3.8) is 0 Å². The molecular formula is C24H27N5O. The van der Waals surface area contributed by atoms with Gasteiger partial charge in [0.1, 0.15) is 5.75 Å². The summed E-state index contributed by atoms with van der Waals surface area (Å²) >= 11 is 0. The summed E-state index contributed by atoms with van der Waals surface area (Å²) in [4.78, 5) is 4.04. The number of hydrogen-bond donors (Lipinski definition) is 2. The SMILES string of the molecule is C=C(c1ccc(-c2ccc(-n3ccnc3)cc2O)nn1)C1C[C@]2(C)CC[C@](C)(C1)N2. The van der Waals surface area contributed by atoms with Crippen LogP contribution in [0, 0.1) is 5.92 Å². The number of aromatic hydroxyl groups is 1. The average molecular weight is 402 g/mol. The smallest absolute Gasteiger partial charge is 0.127 e. The highest BCUT2D eigenvalue weighted by Gasteiger charge is 2.49. The first kappa shape index (κ1) is 19.0. The number of hydrogen-bond acceptors (Lipinski definition) is 5. The monoisotopic (exact) mass is 401 g/mol. The summed E-state index contributed by atoms with van der Waals surface area (Å²) in [5.41, 5.74) is 4.43. The fourth-order valence-corrected chi connectivity index (χ4v) is 5.28. The summed E-state index contributed by atoms with van der Waals surface area (Å²) in [7, 11) is 0. The van der Waals surface area contributed by atoms with Crippen molar-refractivity contribution < 1.29 is 5.11 Å². The van der Waals surface area contributed by atoms with E-state index in [0.717, 1.165) is 29.8 Å². The van der Waals surface area contributed by atoms with Crippen LogP contribution in [0.15, 0.2) is 55.6 Å². The second kappa shape index (κ2) is 6.77. The Kier molecular flexibility index (Phi) is 4.29. The van der Waals surface area contributed by atoms with Crippen molar-refractivity contribution in [3.8, 4) is 22.7 Å². The van der Waals surface area contributed by atoms with E-state index in [2.05, 4.69) is 40.9 Å². The summed E-state index contributed by atoms with van der Waals surface area (Å²) in [6.07, 6.45) is 9.84. The lowest BCUT2D eigenvalue weighted by molar-refractivity contribution is 0.201. The van der Waals surface area contributed by atoms with Gasteiger partial charge < -0.3 is 15.0 Å². The van der Waals surface area contributed by atoms with Crippen LogP contribution in [0.5, 0.6) is 5.75 Å². The molecule has 0 aliphatic carbocycles. The van der Waals surface area contributed by atoms with Gasteiger partial charge in [0.05, 0.1) is 23.4 Å². The predicted octanol–water partition coefficient (Wildman–Crippen LogP) is 4.36. The van der Waals surface area contributed by atoms with Gasteiger partial charge >= 0.3 is 0 Å². The first-order chi connectivity index (χ1) is 14.3. The molecule has 6 nitrogen and oxygen atoms in total. The zero-order valence-electron chi connectivity index (χ0n) is 17.5. The highest BCUT2D eigenvalue weighted by Crippen LogP contribution is 2.48. The van der Waals surface area contributed by atoms with Gasteiger partial charge in [0, 0.05) is 35.1 Å². The fraction of sp³-hybridized carbons (Fsp3) is 0.375. The van der Waals surface area contributed by atoms with E-state index >= 15 is 0 Å². The van der Waals surface area contributed by atoms with Crippen LogP contribution in [0.1, 0.15) is 45.2 Å². The third-order valence-electron chi connectivity index (χ3n) is 6.77. The molecule has 0 radical (unpaired) electrons. The van der Waals surface area contributed by atoms with Crippen LogP contribution in [-0.2, 0) is 0 Å². The van der Waals surface area contributed by atoms with Gasteiger partial charge in [-0.2, -0.15) is 5.10 Å². The van der Waals surface area contributed by atoms with E-state index in [1.54, 1.807) is 18.6 Å². The van der Waals surface area contributed by atoms with Crippen LogP contribution >= 0.6 is 0 Å². The van der Waals surface area contributed by atoms with Crippen molar-refractivity contribution in [2.24, 2.45) is 5.92 Å². The highest BCUT2D eigenvalue weighted by atomic mass is 16.3. The van der Waals surface area contributed by atoms with Crippen molar-refractivity contribution >= 4 is 5.57 Å². The molecule has 2 N–H and O–H groups in total. The molecule has 5 rings (SSSR count). The third kappa shape index (κ3) is 3.31. The molecule has 0 amide bonds. The van der Waals surface area contributed by atoms with Crippen LogP contribution in [0.3, 0.4) is 0 Å². The summed E-state index contributed by atoms with van der Waals surface area (Å²) in [5, 5.41) is 23.2. The first-order valence-corrected chi connectivity index (χ1v) is 10.5. The Morgan fingerprint density at radius 2 is 1.90 bits per heavy atom. The molecule has 1 unspecified atom stereocenters. The fourth-order valence-electron chi connectivity index (χ4n) is 5.28. The molecule has 2 aliphatic heterocycles. The average Bonchev–Trinajstić information content (AvgIpc) is 3.33. The largest absolute Gasteiger partial charge is 0.507 e. The van der Waals surface area contributed by atoms with E-state index in [9.17, 15) is 5.11 Å². The van der Waals surface area contributed by atoms with E-state index < -0.39 is 0 Å². The molecule has 30 heavy (non-hydrogen) atoms. The van der Waals surface area contributed by atoms with Crippen molar-refractivity contribution in [2.45, 2.75) is 50.6 Å². The van der Waals surface area contributed by atoms with Crippen LogP contribution in [0.4, 0.5) is 0 Å². The molecule has 2 saturated heterocycles. The molecule has 1 aromatic carbocycles. The number of piperidine rings is 1. The lowest BCUT2D eigenvalue weighted by Gasteiger charge is -2.42. The number of fused-ring (bicyclic) bond motifs is 2. The molecule has 0 saturated carbocycles. The minimum atomic E-state index is 0.165. The van der Waals surface area contributed by atoms with Crippen LogP contribution < -0.4 is 5.32 Å². The summed E-state index contributed by atoms with van der Waals surface area (Å²) < 4.78 is 1.84. The maximum Gasteiger partial charge on any atom is 0.127 e. The zero-order valence-corrected chi connectivity index (χ0v) is 17.5. The number of allylic oxidation sites excluding steroid dienone is 1. The van der Waals surface area contributed by atoms with Gasteiger partial charge in [-0.25, -0.2) is 4.98 Å². The van der Waals surface area contributed by atoms with Gasteiger partial charge in [0.25, 0.3) is 0 Å². The maximum atomic E-state index is 10.5. The van der Waals surface area contributed by atoms with Gasteiger partial charge in [-0.15, -0.1) is 5.10 Å². The molecule has 2 bridgehead atoms. The number of nitrogens with one attached hydrogen (secondary N) is 1. The standard InChI is InChI=1S/C24H27N5O/c1-16(17-13-23(2)8-9-24(3,14-17)28-23)20-6-7-21(27-26-20)19-5-4-18(12-22(19)30)29-11-10-25-15-29/h4-7,10-12,15,17,28,30H,1,8-9,13-14H2,2-3H3/t17?,23-,24+. The molecular weight excluding hydrogens is 374 g/mol. The van der Waals surface area contributed by atoms with Crippen molar-refractivity contribution in [2.75, 3.05) is 0 Å². The van der Waals surface area contributed by atoms with Crippen LogP contribution in [-0.4, -0.2) is 35.9 Å². The van der Waals surface area contributed by atoms with Gasteiger partial charge in [-0.3, -0.25) is 0 Å². The normalized spacial score (nSPS) is 27.9.